The Balaban J connectivity index is 1.33. The molecule has 1 saturated heterocycles. The zero-order valence-electron chi connectivity index (χ0n) is 16.4. The first-order chi connectivity index (χ1) is 14.4. The number of nitrogens with one attached hydrogen (secondary N) is 1. The SMILES string of the molecule is Cc1ccc(C2=C[C@H]3C[C@@H]2N(C(=O)CN2Cc4c(ccc(F)c4F)NC2=O)C3)cn1. The molecule has 0 radical (unpaired) electrons. The third-order valence-corrected chi connectivity index (χ3v) is 6.07. The normalized spacial score (nSPS) is 22.1. The fourth-order valence-corrected chi connectivity index (χ4v) is 4.55. The van der Waals surface area contributed by atoms with E-state index in [-0.39, 0.29) is 42.2 Å². The number of halogens is 2. The number of nitrogens with zero attached hydrogens (tertiary/aromatic N) is 3. The lowest BCUT2D eigenvalue weighted by molar-refractivity contribution is -0.132. The number of amides is 3. The Morgan fingerprint density at radius 3 is 2.83 bits per heavy atom. The Morgan fingerprint density at radius 2 is 2.10 bits per heavy atom. The molecule has 2 aliphatic heterocycles. The van der Waals surface area contributed by atoms with Crippen LogP contribution in [0.15, 0.2) is 36.5 Å². The van der Waals surface area contributed by atoms with Gasteiger partial charge < -0.3 is 15.1 Å². The van der Waals surface area contributed by atoms with Crippen LogP contribution in [-0.4, -0.2) is 45.9 Å². The van der Waals surface area contributed by atoms with Crippen LogP contribution in [0.5, 0.6) is 0 Å². The summed E-state index contributed by atoms with van der Waals surface area (Å²) in [5, 5.41) is 2.54. The number of likely N-dealkylation sites (tertiary alicyclic amines) is 1. The van der Waals surface area contributed by atoms with Gasteiger partial charge in [0.25, 0.3) is 0 Å². The van der Waals surface area contributed by atoms with Crippen molar-refractivity contribution >= 4 is 23.2 Å². The summed E-state index contributed by atoms with van der Waals surface area (Å²) in [5.41, 5.74) is 3.29. The van der Waals surface area contributed by atoms with Gasteiger partial charge in [-0.15, -0.1) is 0 Å². The van der Waals surface area contributed by atoms with Crippen LogP contribution in [0.1, 0.15) is 23.2 Å². The van der Waals surface area contributed by atoms with E-state index < -0.39 is 17.7 Å². The number of carbonyl (C=O) groups excluding carboxylic acids is 2. The molecule has 1 fully saturated rings. The highest BCUT2D eigenvalue weighted by atomic mass is 19.2. The fraction of sp³-hybridized carbons (Fsp3) is 0.318. The highest BCUT2D eigenvalue weighted by molar-refractivity contribution is 5.95. The van der Waals surface area contributed by atoms with Crippen LogP contribution in [0.3, 0.4) is 0 Å². The van der Waals surface area contributed by atoms with E-state index in [1.165, 1.54) is 11.0 Å². The zero-order valence-corrected chi connectivity index (χ0v) is 16.4. The van der Waals surface area contributed by atoms with Crippen LogP contribution in [0.4, 0.5) is 19.3 Å². The first kappa shape index (κ1) is 18.7. The van der Waals surface area contributed by atoms with Crippen LogP contribution in [-0.2, 0) is 11.3 Å². The van der Waals surface area contributed by atoms with Gasteiger partial charge in [0.2, 0.25) is 5.91 Å². The molecule has 3 amide bonds. The van der Waals surface area contributed by atoms with Crippen LogP contribution < -0.4 is 5.32 Å². The minimum Gasteiger partial charge on any atom is -0.333 e. The molecule has 0 saturated carbocycles. The van der Waals surface area contributed by atoms with Crippen molar-refractivity contribution in [2.75, 3.05) is 18.4 Å². The first-order valence-electron chi connectivity index (χ1n) is 9.87. The molecule has 6 nitrogen and oxygen atoms in total. The molecular formula is C22H20F2N4O2. The summed E-state index contributed by atoms with van der Waals surface area (Å²) in [6, 6.07) is 5.70. The lowest BCUT2D eigenvalue weighted by Crippen LogP contribution is -2.48. The van der Waals surface area contributed by atoms with E-state index in [0.717, 1.165) is 29.3 Å². The van der Waals surface area contributed by atoms with E-state index in [2.05, 4.69) is 16.4 Å². The van der Waals surface area contributed by atoms with Crippen molar-refractivity contribution in [1.29, 1.82) is 0 Å². The summed E-state index contributed by atoms with van der Waals surface area (Å²) in [4.78, 5) is 32.8. The third kappa shape index (κ3) is 3.03. The van der Waals surface area contributed by atoms with Crippen LogP contribution in [0, 0.1) is 24.5 Å². The third-order valence-electron chi connectivity index (χ3n) is 6.07. The molecule has 3 heterocycles. The van der Waals surface area contributed by atoms with Crippen LogP contribution >= 0.6 is 0 Å². The number of rotatable bonds is 3. The molecule has 1 aromatic carbocycles. The van der Waals surface area contributed by atoms with E-state index in [0.29, 0.717) is 6.54 Å². The van der Waals surface area contributed by atoms with Crippen LogP contribution in [0.25, 0.3) is 5.57 Å². The predicted molar refractivity (Wildman–Crippen MR) is 106 cm³/mol. The number of aryl methyl sites for hydroxylation is 1. The monoisotopic (exact) mass is 410 g/mol. The Bertz CT molecular complexity index is 1080. The van der Waals surface area contributed by atoms with Crippen LogP contribution in [0.2, 0.25) is 0 Å². The van der Waals surface area contributed by atoms with Gasteiger partial charge in [0.15, 0.2) is 11.6 Å². The van der Waals surface area contributed by atoms with Gasteiger partial charge in [-0.3, -0.25) is 9.78 Å². The molecule has 154 valence electrons. The summed E-state index contributed by atoms with van der Waals surface area (Å²) in [5.74, 6) is -1.90. The number of urea groups is 1. The summed E-state index contributed by atoms with van der Waals surface area (Å²) >= 11 is 0. The Kier molecular flexibility index (Phi) is 4.30. The lowest BCUT2D eigenvalue weighted by atomic mass is 10.0. The summed E-state index contributed by atoms with van der Waals surface area (Å²) in [6.07, 6.45) is 4.86. The van der Waals surface area contributed by atoms with Gasteiger partial charge in [0.1, 0.15) is 6.54 Å². The minimum atomic E-state index is -0.998. The van der Waals surface area contributed by atoms with E-state index in [9.17, 15) is 18.4 Å². The average Bonchev–Trinajstić information content (AvgIpc) is 3.34. The van der Waals surface area contributed by atoms with Gasteiger partial charge in [0.05, 0.1) is 18.3 Å². The molecule has 3 aliphatic rings. The summed E-state index contributed by atoms with van der Waals surface area (Å²) in [7, 11) is 0. The molecule has 2 bridgehead atoms. The van der Waals surface area contributed by atoms with E-state index in [1.807, 2.05) is 25.3 Å². The average molecular weight is 410 g/mol. The largest absolute Gasteiger partial charge is 0.333 e. The molecular weight excluding hydrogens is 390 g/mol. The van der Waals surface area contributed by atoms with Gasteiger partial charge in [-0.1, -0.05) is 12.1 Å². The van der Waals surface area contributed by atoms with Crippen molar-refractivity contribution in [1.82, 2.24) is 14.8 Å². The van der Waals surface area contributed by atoms with Gasteiger partial charge in [-0.2, -0.15) is 0 Å². The molecule has 1 aliphatic carbocycles. The Labute approximate surface area is 172 Å². The van der Waals surface area contributed by atoms with Gasteiger partial charge in [-0.05, 0) is 48.6 Å². The van der Waals surface area contributed by atoms with E-state index >= 15 is 0 Å². The summed E-state index contributed by atoms with van der Waals surface area (Å²) in [6.45, 7) is 2.18. The molecule has 1 N–H and O–H groups in total. The number of fused-ring (bicyclic) bond motifs is 3. The number of carbonyl (C=O) groups is 2. The molecule has 0 spiro atoms. The molecule has 5 rings (SSSR count). The van der Waals surface area contributed by atoms with Crippen molar-refractivity contribution in [2.45, 2.75) is 25.9 Å². The van der Waals surface area contributed by atoms with Crippen molar-refractivity contribution in [3.8, 4) is 0 Å². The predicted octanol–water partition coefficient (Wildman–Crippen LogP) is 3.33. The van der Waals surface area contributed by atoms with Crippen molar-refractivity contribution in [2.24, 2.45) is 5.92 Å². The number of pyridine rings is 1. The summed E-state index contributed by atoms with van der Waals surface area (Å²) < 4.78 is 27.7. The van der Waals surface area contributed by atoms with Gasteiger partial charge in [-0.25, -0.2) is 13.6 Å². The van der Waals surface area contributed by atoms with Crippen molar-refractivity contribution < 1.29 is 18.4 Å². The quantitative estimate of drug-likeness (QED) is 0.844. The Hall–Kier alpha value is -3.29. The molecule has 1 aromatic heterocycles. The lowest BCUT2D eigenvalue weighted by Gasteiger charge is -2.33. The van der Waals surface area contributed by atoms with Gasteiger partial charge >= 0.3 is 6.03 Å². The van der Waals surface area contributed by atoms with Crippen molar-refractivity contribution in [3.05, 3.63) is 65.0 Å². The first-order valence-corrected chi connectivity index (χ1v) is 9.87. The molecule has 8 heteroatoms. The maximum atomic E-state index is 14.2. The van der Waals surface area contributed by atoms with Gasteiger partial charge in [0, 0.05) is 24.0 Å². The molecule has 2 aromatic rings. The number of anilines is 1. The fourth-order valence-electron chi connectivity index (χ4n) is 4.55. The maximum Gasteiger partial charge on any atom is 0.322 e. The Morgan fingerprint density at radius 1 is 1.27 bits per heavy atom. The topological polar surface area (TPSA) is 65.5 Å². The minimum absolute atomic E-state index is 0.0525. The smallest absolute Gasteiger partial charge is 0.322 e. The molecule has 2 atom stereocenters. The highest BCUT2D eigenvalue weighted by Crippen LogP contribution is 2.41. The number of hydrogen-bond acceptors (Lipinski definition) is 3. The highest BCUT2D eigenvalue weighted by Gasteiger charge is 2.42. The van der Waals surface area contributed by atoms with Crippen molar-refractivity contribution in [3.63, 3.8) is 0 Å². The second kappa shape index (κ2) is 6.90. The second-order valence-electron chi connectivity index (χ2n) is 8.04. The van der Waals surface area contributed by atoms with E-state index in [1.54, 1.807) is 4.90 Å². The van der Waals surface area contributed by atoms with E-state index in [4.69, 9.17) is 0 Å². The number of aromatic nitrogens is 1. The number of hydrogen-bond donors (Lipinski definition) is 1. The number of benzene rings is 1. The zero-order chi connectivity index (χ0) is 21.0. The molecule has 0 unspecified atom stereocenters. The second-order valence-corrected chi connectivity index (χ2v) is 8.04. The standard InChI is InChI=1S/C22H20F2N4O2/c1-12-2-3-14(8-25-12)15-6-13-7-19(15)28(9-13)20(29)11-27-10-16-18(26-22(27)30)5-4-17(23)21(16)24/h2-6,8,13,19H,7,9-11H2,1H3,(H,26,30)/t13-,19-/m0/s1. The molecule has 30 heavy (non-hydrogen) atoms. The maximum absolute atomic E-state index is 14.2.